The first-order chi connectivity index (χ1) is 14.2. The summed E-state index contributed by atoms with van der Waals surface area (Å²) in [6.07, 6.45) is 3.06. The number of H-pyrrole nitrogens is 1. The molecular formula is C24H33N5. The van der Waals surface area contributed by atoms with Crippen molar-refractivity contribution in [3.63, 3.8) is 0 Å². The monoisotopic (exact) mass is 391 g/mol. The van der Waals surface area contributed by atoms with E-state index in [9.17, 15) is 0 Å². The van der Waals surface area contributed by atoms with Gasteiger partial charge in [-0.1, -0.05) is 49.4 Å². The van der Waals surface area contributed by atoms with Gasteiger partial charge in [0.05, 0.1) is 6.54 Å². The fourth-order valence-electron chi connectivity index (χ4n) is 3.42. The molecule has 0 amide bonds. The minimum atomic E-state index is 0.673. The SMILES string of the molecule is CCNC(=NCc1cccc(CN(C)CC)c1)NCCc1c[nH]c2ccccc12. The first-order valence-corrected chi connectivity index (χ1v) is 10.5. The van der Waals surface area contributed by atoms with Gasteiger partial charge in [-0.15, -0.1) is 0 Å². The van der Waals surface area contributed by atoms with Crippen molar-refractivity contribution in [1.29, 1.82) is 0 Å². The third-order valence-electron chi connectivity index (χ3n) is 5.11. The average molecular weight is 392 g/mol. The quantitative estimate of drug-likeness (QED) is 0.383. The molecule has 0 atom stereocenters. The Morgan fingerprint density at radius 3 is 2.69 bits per heavy atom. The zero-order valence-electron chi connectivity index (χ0n) is 17.8. The van der Waals surface area contributed by atoms with Crippen LogP contribution in [0.5, 0.6) is 0 Å². The molecule has 0 spiro atoms. The predicted molar refractivity (Wildman–Crippen MR) is 123 cm³/mol. The van der Waals surface area contributed by atoms with Gasteiger partial charge >= 0.3 is 0 Å². The van der Waals surface area contributed by atoms with E-state index >= 15 is 0 Å². The van der Waals surface area contributed by atoms with E-state index in [1.54, 1.807) is 0 Å². The number of nitrogens with zero attached hydrogens (tertiary/aromatic N) is 2. The minimum Gasteiger partial charge on any atom is -0.361 e. The van der Waals surface area contributed by atoms with E-state index in [0.29, 0.717) is 6.54 Å². The molecule has 0 unspecified atom stereocenters. The molecule has 0 aliphatic carbocycles. The molecule has 1 heterocycles. The second-order valence-electron chi connectivity index (χ2n) is 7.38. The molecule has 3 rings (SSSR count). The number of aromatic nitrogens is 1. The van der Waals surface area contributed by atoms with Crippen molar-refractivity contribution in [2.75, 3.05) is 26.7 Å². The van der Waals surface area contributed by atoms with E-state index < -0.39 is 0 Å². The van der Waals surface area contributed by atoms with Crippen LogP contribution in [-0.4, -0.2) is 42.5 Å². The molecule has 0 radical (unpaired) electrons. The molecule has 3 N–H and O–H groups in total. The van der Waals surface area contributed by atoms with Crippen LogP contribution in [0.25, 0.3) is 10.9 Å². The molecule has 5 heteroatoms. The summed E-state index contributed by atoms with van der Waals surface area (Å²) < 4.78 is 0. The maximum Gasteiger partial charge on any atom is 0.191 e. The Hall–Kier alpha value is -2.79. The summed E-state index contributed by atoms with van der Waals surface area (Å²) in [5, 5.41) is 8.11. The molecule has 0 fully saturated rings. The van der Waals surface area contributed by atoms with Crippen LogP contribution < -0.4 is 10.6 Å². The highest BCUT2D eigenvalue weighted by molar-refractivity contribution is 5.83. The lowest BCUT2D eigenvalue weighted by atomic mass is 10.1. The second-order valence-corrected chi connectivity index (χ2v) is 7.38. The van der Waals surface area contributed by atoms with Gasteiger partial charge in [0.15, 0.2) is 5.96 Å². The van der Waals surface area contributed by atoms with Gasteiger partial charge in [0.25, 0.3) is 0 Å². The lowest BCUT2D eigenvalue weighted by molar-refractivity contribution is 0.345. The van der Waals surface area contributed by atoms with Gasteiger partial charge in [-0.2, -0.15) is 0 Å². The van der Waals surface area contributed by atoms with E-state index in [0.717, 1.165) is 38.6 Å². The maximum atomic E-state index is 4.78. The molecule has 3 aromatic rings. The number of aliphatic imine (C=N–C) groups is 1. The van der Waals surface area contributed by atoms with Crippen molar-refractivity contribution < 1.29 is 0 Å². The summed E-state index contributed by atoms with van der Waals surface area (Å²) in [5.74, 6) is 0.864. The molecule has 0 saturated carbocycles. The highest BCUT2D eigenvalue weighted by atomic mass is 15.2. The van der Waals surface area contributed by atoms with E-state index in [1.165, 1.54) is 27.6 Å². The van der Waals surface area contributed by atoms with Crippen molar-refractivity contribution in [3.05, 3.63) is 71.4 Å². The van der Waals surface area contributed by atoms with Crippen LogP contribution in [0.3, 0.4) is 0 Å². The molecule has 0 aliphatic rings. The van der Waals surface area contributed by atoms with Crippen LogP contribution in [0, 0.1) is 0 Å². The maximum absolute atomic E-state index is 4.78. The summed E-state index contributed by atoms with van der Waals surface area (Å²) in [4.78, 5) is 10.4. The summed E-state index contributed by atoms with van der Waals surface area (Å²) in [5.41, 5.74) is 5.09. The fraction of sp³-hybridized carbons (Fsp3) is 0.375. The van der Waals surface area contributed by atoms with Crippen LogP contribution in [0.1, 0.15) is 30.5 Å². The molecule has 2 aromatic carbocycles. The van der Waals surface area contributed by atoms with E-state index in [-0.39, 0.29) is 0 Å². The summed E-state index contributed by atoms with van der Waals surface area (Å²) in [7, 11) is 2.14. The topological polar surface area (TPSA) is 55.5 Å². The van der Waals surface area contributed by atoms with Crippen LogP contribution in [0.2, 0.25) is 0 Å². The molecule has 29 heavy (non-hydrogen) atoms. The summed E-state index contributed by atoms with van der Waals surface area (Å²) >= 11 is 0. The Morgan fingerprint density at radius 1 is 1.03 bits per heavy atom. The van der Waals surface area contributed by atoms with Crippen molar-refractivity contribution in [2.24, 2.45) is 4.99 Å². The number of guanidine groups is 1. The summed E-state index contributed by atoms with van der Waals surface area (Å²) in [6, 6.07) is 17.1. The van der Waals surface area contributed by atoms with Gasteiger partial charge in [0.1, 0.15) is 0 Å². The molecule has 0 aliphatic heterocycles. The first-order valence-electron chi connectivity index (χ1n) is 10.5. The van der Waals surface area contributed by atoms with E-state index in [2.05, 4.69) is 96.1 Å². The Kier molecular flexibility index (Phi) is 7.70. The van der Waals surface area contributed by atoms with Gasteiger partial charge in [0, 0.05) is 36.7 Å². The van der Waals surface area contributed by atoms with Crippen LogP contribution in [0.4, 0.5) is 0 Å². The predicted octanol–water partition coefficient (Wildman–Crippen LogP) is 3.92. The van der Waals surface area contributed by atoms with E-state index in [1.807, 2.05) is 0 Å². The molecular weight excluding hydrogens is 358 g/mol. The zero-order chi connectivity index (χ0) is 20.5. The first kappa shape index (κ1) is 20.9. The minimum absolute atomic E-state index is 0.673. The fourth-order valence-corrected chi connectivity index (χ4v) is 3.42. The zero-order valence-corrected chi connectivity index (χ0v) is 17.8. The van der Waals surface area contributed by atoms with Gasteiger partial charge in [-0.3, -0.25) is 0 Å². The Bertz CT molecular complexity index is 928. The Morgan fingerprint density at radius 2 is 1.86 bits per heavy atom. The van der Waals surface area contributed by atoms with Crippen molar-refractivity contribution in [1.82, 2.24) is 20.5 Å². The molecule has 1 aromatic heterocycles. The number of aromatic amines is 1. The number of nitrogens with one attached hydrogen (secondary N) is 3. The van der Waals surface area contributed by atoms with Crippen LogP contribution in [-0.2, 0) is 19.5 Å². The van der Waals surface area contributed by atoms with Gasteiger partial charge in [-0.25, -0.2) is 4.99 Å². The average Bonchev–Trinajstić information content (AvgIpc) is 3.15. The van der Waals surface area contributed by atoms with Crippen molar-refractivity contribution >= 4 is 16.9 Å². The largest absolute Gasteiger partial charge is 0.361 e. The number of hydrogen-bond acceptors (Lipinski definition) is 2. The molecule has 5 nitrogen and oxygen atoms in total. The Balaban J connectivity index is 1.57. The highest BCUT2D eigenvalue weighted by Crippen LogP contribution is 2.17. The molecule has 0 bridgehead atoms. The number of hydrogen-bond donors (Lipinski definition) is 3. The third-order valence-corrected chi connectivity index (χ3v) is 5.11. The van der Waals surface area contributed by atoms with Crippen molar-refractivity contribution in [2.45, 2.75) is 33.4 Å². The van der Waals surface area contributed by atoms with Gasteiger partial charge in [-0.05, 0) is 49.7 Å². The van der Waals surface area contributed by atoms with Crippen LogP contribution >= 0.6 is 0 Å². The normalized spacial score (nSPS) is 11.9. The number of benzene rings is 2. The van der Waals surface area contributed by atoms with Gasteiger partial charge < -0.3 is 20.5 Å². The molecule has 154 valence electrons. The number of fused-ring (bicyclic) bond motifs is 1. The Labute approximate surface area is 174 Å². The van der Waals surface area contributed by atoms with E-state index in [4.69, 9.17) is 4.99 Å². The second kappa shape index (κ2) is 10.7. The lowest BCUT2D eigenvalue weighted by Gasteiger charge is -2.14. The number of para-hydroxylation sites is 1. The smallest absolute Gasteiger partial charge is 0.191 e. The summed E-state index contributed by atoms with van der Waals surface area (Å²) in [6.45, 7) is 8.66. The third kappa shape index (κ3) is 6.09. The van der Waals surface area contributed by atoms with Gasteiger partial charge in [0.2, 0.25) is 0 Å². The highest BCUT2D eigenvalue weighted by Gasteiger charge is 2.04. The lowest BCUT2D eigenvalue weighted by Crippen LogP contribution is -2.38. The standard InChI is InChI=1S/C24H33N5/c1-4-25-24(26-14-13-21-17-27-23-12-7-6-11-22(21)23)28-16-19-9-8-10-20(15-19)18-29(3)5-2/h6-12,15,17,27H,4-5,13-14,16,18H2,1-3H3,(H2,25,26,28). The number of rotatable bonds is 9. The van der Waals surface area contributed by atoms with Crippen molar-refractivity contribution in [3.8, 4) is 0 Å². The molecule has 0 saturated heterocycles. The van der Waals surface area contributed by atoms with Crippen LogP contribution in [0.15, 0.2) is 59.7 Å².